The molecule has 0 amide bonds. The van der Waals surface area contributed by atoms with Gasteiger partial charge in [-0.25, -0.2) is 0 Å². The van der Waals surface area contributed by atoms with Gasteiger partial charge in [0.2, 0.25) is 0 Å². The van der Waals surface area contributed by atoms with Crippen molar-refractivity contribution >= 4 is 17.5 Å². The molecular formula is C28H42O6. The van der Waals surface area contributed by atoms with E-state index in [1.165, 1.54) is 7.11 Å². The lowest BCUT2D eigenvalue weighted by atomic mass is 9.42. The van der Waals surface area contributed by atoms with Crippen LogP contribution in [0.4, 0.5) is 0 Å². The predicted octanol–water partition coefficient (Wildman–Crippen LogP) is 4.01. The molecule has 2 saturated carbocycles. The monoisotopic (exact) mass is 474 g/mol. The SMILES string of the molecule is COC(=O)CC[C@@H](C)[C@H]1CC(=O)[C@@]2(C)C3=C(C(=O)C[C@]12C)[C@@]1(C)CC[C@H](O)C(C)(C)[C@@H]1C[C@@H]3O. The Labute approximate surface area is 203 Å². The highest BCUT2D eigenvalue weighted by molar-refractivity contribution is 6.05. The van der Waals surface area contributed by atoms with E-state index >= 15 is 0 Å². The van der Waals surface area contributed by atoms with Crippen LogP contribution in [0.25, 0.3) is 0 Å². The number of Topliss-reactive ketones (excluding diaryl/α,β-unsaturated/α-hetero) is 2. The van der Waals surface area contributed by atoms with Crippen molar-refractivity contribution in [3.8, 4) is 0 Å². The number of methoxy groups -OCH3 is 1. The first-order valence-corrected chi connectivity index (χ1v) is 12.9. The molecule has 6 heteroatoms. The minimum Gasteiger partial charge on any atom is -0.469 e. The Morgan fingerprint density at radius 1 is 1.15 bits per heavy atom. The zero-order valence-electron chi connectivity index (χ0n) is 21.9. The Morgan fingerprint density at radius 3 is 2.41 bits per heavy atom. The van der Waals surface area contributed by atoms with Crippen molar-refractivity contribution in [2.24, 2.45) is 39.4 Å². The Bertz CT molecular complexity index is 949. The van der Waals surface area contributed by atoms with Gasteiger partial charge in [-0.05, 0) is 72.2 Å². The zero-order chi connectivity index (χ0) is 25.4. The molecule has 0 unspecified atom stereocenters. The summed E-state index contributed by atoms with van der Waals surface area (Å²) in [5.41, 5.74) is -1.08. The van der Waals surface area contributed by atoms with Crippen molar-refractivity contribution in [2.75, 3.05) is 7.11 Å². The molecule has 0 spiro atoms. The van der Waals surface area contributed by atoms with Crippen molar-refractivity contribution in [3.63, 3.8) is 0 Å². The van der Waals surface area contributed by atoms with E-state index in [4.69, 9.17) is 4.74 Å². The van der Waals surface area contributed by atoms with Gasteiger partial charge in [0.1, 0.15) is 5.78 Å². The highest BCUT2D eigenvalue weighted by atomic mass is 16.5. The Balaban J connectivity index is 1.81. The number of rotatable bonds is 4. The van der Waals surface area contributed by atoms with Gasteiger partial charge in [0.15, 0.2) is 5.78 Å². The van der Waals surface area contributed by atoms with Gasteiger partial charge in [0.25, 0.3) is 0 Å². The molecule has 0 aromatic heterocycles. The van der Waals surface area contributed by atoms with Crippen LogP contribution in [-0.2, 0) is 19.1 Å². The fourth-order valence-electron chi connectivity index (χ4n) is 8.75. The summed E-state index contributed by atoms with van der Waals surface area (Å²) < 4.78 is 4.81. The quantitative estimate of drug-likeness (QED) is 0.597. The number of carbonyl (C=O) groups excluding carboxylic acids is 3. The summed E-state index contributed by atoms with van der Waals surface area (Å²) >= 11 is 0. The van der Waals surface area contributed by atoms with Crippen LogP contribution in [0.2, 0.25) is 0 Å². The summed E-state index contributed by atoms with van der Waals surface area (Å²) in [6, 6.07) is 0. The van der Waals surface area contributed by atoms with Gasteiger partial charge in [-0.1, -0.05) is 34.6 Å². The van der Waals surface area contributed by atoms with Crippen LogP contribution < -0.4 is 0 Å². The molecule has 34 heavy (non-hydrogen) atoms. The van der Waals surface area contributed by atoms with Crippen LogP contribution in [0, 0.1) is 39.4 Å². The first-order valence-electron chi connectivity index (χ1n) is 12.9. The molecule has 0 bridgehead atoms. The van der Waals surface area contributed by atoms with Gasteiger partial charge in [0.05, 0.1) is 24.7 Å². The molecule has 4 aliphatic carbocycles. The summed E-state index contributed by atoms with van der Waals surface area (Å²) in [5.74, 6) is -0.139. The number of ether oxygens (including phenoxy) is 1. The molecule has 2 fully saturated rings. The van der Waals surface area contributed by atoms with E-state index in [1.807, 2.05) is 20.8 Å². The van der Waals surface area contributed by atoms with Gasteiger partial charge >= 0.3 is 5.97 Å². The molecule has 4 rings (SSSR count). The molecule has 190 valence electrons. The van der Waals surface area contributed by atoms with E-state index in [-0.39, 0.29) is 48.1 Å². The largest absolute Gasteiger partial charge is 0.469 e. The first-order chi connectivity index (χ1) is 15.7. The van der Waals surface area contributed by atoms with Crippen LogP contribution in [-0.4, -0.2) is 47.1 Å². The second kappa shape index (κ2) is 7.99. The van der Waals surface area contributed by atoms with Crippen LogP contribution >= 0.6 is 0 Å². The standard InChI is InChI=1S/C28H42O6/c1-15(8-9-22(33)34-7)16-12-21(32)28(6)24-17(29)13-19-25(2,3)20(31)10-11-26(19,4)23(24)18(30)14-27(16,28)5/h15-17,19-20,29,31H,8-14H2,1-7H3/t15-,16-,17+,19+,20+,26+,27-,28+/m1/s1. The average Bonchev–Trinajstić information content (AvgIpc) is 2.97. The average molecular weight is 475 g/mol. The van der Waals surface area contributed by atoms with Gasteiger partial charge < -0.3 is 14.9 Å². The first kappa shape index (κ1) is 25.6. The molecule has 0 radical (unpaired) electrons. The number of hydrogen-bond donors (Lipinski definition) is 2. The molecule has 0 aromatic rings. The number of carbonyl (C=O) groups is 3. The summed E-state index contributed by atoms with van der Waals surface area (Å²) in [4.78, 5) is 39.5. The number of fused-ring (bicyclic) bond motifs is 4. The lowest BCUT2D eigenvalue weighted by Gasteiger charge is -2.61. The van der Waals surface area contributed by atoms with Crippen LogP contribution in [0.5, 0.6) is 0 Å². The predicted molar refractivity (Wildman–Crippen MR) is 128 cm³/mol. The number of ketones is 2. The molecular weight excluding hydrogens is 432 g/mol. The maximum Gasteiger partial charge on any atom is 0.305 e. The Kier molecular flexibility index (Phi) is 6.01. The van der Waals surface area contributed by atoms with E-state index in [2.05, 4.69) is 20.8 Å². The lowest BCUT2D eigenvalue weighted by Crippen LogP contribution is -2.60. The van der Waals surface area contributed by atoms with E-state index in [9.17, 15) is 24.6 Å². The second-order valence-electron chi connectivity index (χ2n) is 12.9. The maximum absolute atomic E-state index is 14.0. The van der Waals surface area contributed by atoms with Crippen molar-refractivity contribution in [3.05, 3.63) is 11.1 Å². The smallest absolute Gasteiger partial charge is 0.305 e. The van der Waals surface area contributed by atoms with Crippen molar-refractivity contribution < 1.29 is 29.3 Å². The van der Waals surface area contributed by atoms with Crippen molar-refractivity contribution in [1.82, 2.24) is 0 Å². The molecule has 0 aliphatic heterocycles. The summed E-state index contributed by atoms with van der Waals surface area (Å²) in [6.07, 6.45) is 1.91. The Hall–Kier alpha value is -1.53. The van der Waals surface area contributed by atoms with Crippen LogP contribution in [0.3, 0.4) is 0 Å². The van der Waals surface area contributed by atoms with Gasteiger partial charge in [-0.15, -0.1) is 0 Å². The van der Waals surface area contributed by atoms with E-state index in [0.717, 1.165) is 0 Å². The van der Waals surface area contributed by atoms with E-state index < -0.39 is 33.9 Å². The number of allylic oxidation sites excluding steroid dienone is 1. The highest BCUT2D eigenvalue weighted by Gasteiger charge is 2.70. The molecule has 8 atom stereocenters. The molecule has 6 nitrogen and oxygen atoms in total. The molecule has 0 aromatic carbocycles. The third kappa shape index (κ3) is 3.16. The fourth-order valence-corrected chi connectivity index (χ4v) is 8.75. The Morgan fingerprint density at radius 2 is 1.79 bits per heavy atom. The summed E-state index contributed by atoms with van der Waals surface area (Å²) in [6.45, 7) is 12.3. The number of aliphatic hydroxyl groups is 2. The van der Waals surface area contributed by atoms with Gasteiger partial charge in [0, 0.05) is 24.8 Å². The topological polar surface area (TPSA) is 101 Å². The summed E-state index contributed by atoms with van der Waals surface area (Å²) in [7, 11) is 1.38. The fraction of sp³-hybridized carbons (Fsp3) is 0.821. The summed E-state index contributed by atoms with van der Waals surface area (Å²) in [5, 5.41) is 22.3. The van der Waals surface area contributed by atoms with E-state index in [0.29, 0.717) is 43.3 Å². The number of aliphatic hydroxyl groups excluding tert-OH is 2. The second-order valence-corrected chi connectivity index (χ2v) is 12.9. The third-order valence-corrected chi connectivity index (χ3v) is 11.1. The molecule has 0 heterocycles. The number of esters is 1. The zero-order valence-corrected chi connectivity index (χ0v) is 21.9. The molecule has 0 saturated heterocycles. The van der Waals surface area contributed by atoms with Gasteiger partial charge in [-0.2, -0.15) is 0 Å². The minimum atomic E-state index is -0.909. The molecule has 4 aliphatic rings. The normalized spacial score (nSPS) is 44.3. The highest BCUT2D eigenvalue weighted by Crippen LogP contribution is 2.70. The number of hydrogen-bond acceptors (Lipinski definition) is 6. The van der Waals surface area contributed by atoms with Crippen LogP contribution in [0.15, 0.2) is 11.1 Å². The van der Waals surface area contributed by atoms with E-state index in [1.54, 1.807) is 0 Å². The van der Waals surface area contributed by atoms with Crippen molar-refractivity contribution in [2.45, 2.75) is 98.7 Å². The van der Waals surface area contributed by atoms with Crippen LogP contribution in [0.1, 0.15) is 86.5 Å². The maximum atomic E-state index is 14.0. The van der Waals surface area contributed by atoms with Gasteiger partial charge in [-0.3, -0.25) is 14.4 Å². The molecule has 2 N–H and O–H groups in total. The lowest BCUT2D eigenvalue weighted by molar-refractivity contribution is -0.143. The third-order valence-electron chi connectivity index (χ3n) is 11.1. The minimum absolute atomic E-state index is 0.0410. The van der Waals surface area contributed by atoms with Crippen molar-refractivity contribution in [1.29, 1.82) is 0 Å².